The molecule has 0 radical (unpaired) electrons. The van der Waals surface area contributed by atoms with Crippen LogP contribution in [0.4, 0.5) is 0 Å². The number of hydrogen-bond acceptors (Lipinski definition) is 1. The van der Waals surface area contributed by atoms with Crippen LogP contribution >= 0.6 is 0 Å². The predicted octanol–water partition coefficient (Wildman–Crippen LogP) is 3.87. The first-order valence-corrected chi connectivity index (χ1v) is 6.80. The Balaban J connectivity index is 0. The molecule has 0 amide bonds. The number of rotatable bonds is 1. The van der Waals surface area contributed by atoms with Gasteiger partial charge in [0.1, 0.15) is 10.0 Å². The van der Waals surface area contributed by atoms with Crippen molar-refractivity contribution in [2.75, 3.05) is 0 Å². The summed E-state index contributed by atoms with van der Waals surface area (Å²) in [5.41, 5.74) is 1.01. The summed E-state index contributed by atoms with van der Waals surface area (Å²) in [5.74, 6) is 0. The molecule has 0 aliphatic heterocycles. The summed E-state index contributed by atoms with van der Waals surface area (Å²) >= 11 is 3.76. The zero-order valence-electron chi connectivity index (χ0n) is 10.1. The van der Waals surface area contributed by atoms with E-state index in [1.165, 1.54) is 12.8 Å². The number of hydrogen-bond donors (Lipinski definition) is 2. The van der Waals surface area contributed by atoms with E-state index in [2.05, 4.69) is 52.7 Å². The summed E-state index contributed by atoms with van der Waals surface area (Å²) in [4.78, 5) is 0. The molecule has 0 aromatic rings. The molecule has 0 bridgehead atoms. The van der Waals surface area contributed by atoms with Gasteiger partial charge in [0.15, 0.2) is 0 Å². The van der Waals surface area contributed by atoms with Crippen LogP contribution in [-0.2, 0) is 21.2 Å². The van der Waals surface area contributed by atoms with Crippen molar-refractivity contribution in [3.63, 3.8) is 0 Å². The van der Waals surface area contributed by atoms with Gasteiger partial charge in [-0.1, -0.05) is 41.5 Å². The van der Waals surface area contributed by atoms with Crippen LogP contribution in [0.2, 0.25) is 0 Å². The molecule has 0 heterocycles. The van der Waals surface area contributed by atoms with Crippen molar-refractivity contribution >= 4 is 21.2 Å². The van der Waals surface area contributed by atoms with E-state index >= 15 is 0 Å². The van der Waals surface area contributed by atoms with Gasteiger partial charge in [0.05, 0.1) is 0 Å². The van der Waals surface area contributed by atoms with Crippen molar-refractivity contribution in [2.24, 2.45) is 10.8 Å². The smallest absolute Gasteiger partial charge is 0.143 e. The highest BCUT2D eigenvalue weighted by Crippen LogP contribution is 2.29. The molecule has 0 aromatic heterocycles. The standard InChI is InChI=1S/C10H22.H2O2S2/c1-9(2,3)7-8-10(4,5)6;1-4(2)3/h7-8H2,1-6H3;(H2,1,2,3). The fourth-order valence-corrected chi connectivity index (χ4v) is 0.750. The van der Waals surface area contributed by atoms with Crippen molar-refractivity contribution in [2.45, 2.75) is 54.4 Å². The Morgan fingerprint density at radius 3 is 1.07 bits per heavy atom. The third-order valence-corrected chi connectivity index (χ3v) is 1.62. The van der Waals surface area contributed by atoms with Gasteiger partial charge in [-0.3, -0.25) is 0 Å². The average Bonchev–Trinajstić information content (AvgIpc) is 1.79. The maximum Gasteiger partial charge on any atom is 0.143 e. The average molecular weight is 240 g/mol. The van der Waals surface area contributed by atoms with E-state index in [0.29, 0.717) is 10.8 Å². The summed E-state index contributed by atoms with van der Waals surface area (Å²) in [5, 5.41) is 0. The third kappa shape index (κ3) is 29.4. The summed E-state index contributed by atoms with van der Waals surface area (Å²) in [7, 11) is -1.78. The monoisotopic (exact) mass is 240 g/mol. The van der Waals surface area contributed by atoms with Crippen LogP contribution in [0.15, 0.2) is 0 Å². The van der Waals surface area contributed by atoms with Crippen LogP contribution in [-0.4, -0.2) is 9.11 Å². The van der Waals surface area contributed by atoms with E-state index in [4.69, 9.17) is 9.11 Å². The van der Waals surface area contributed by atoms with Gasteiger partial charge in [-0.15, -0.1) is 0 Å². The van der Waals surface area contributed by atoms with Gasteiger partial charge in [0.2, 0.25) is 0 Å². The Hall–Kier alpha value is 0.490. The lowest BCUT2D eigenvalue weighted by atomic mass is 9.81. The van der Waals surface area contributed by atoms with E-state index in [1.54, 1.807) is 0 Å². The minimum atomic E-state index is -1.78. The Morgan fingerprint density at radius 1 is 0.857 bits per heavy atom. The van der Waals surface area contributed by atoms with Crippen molar-refractivity contribution in [1.29, 1.82) is 0 Å². The second-order valence-corrected chi connectivity index (χ2v) is 7.21. The van der Waals surface area contributed by atoms with Gasteiger partial charge in [-0.25, -0.2) is 0 Å². The lowest BCUT2D eigenvalue weighted by Gasteiger charge is -2.24. The van der Waals surface area contributed by atoms with E-state index in [9.17, 15) is 0 Å². The Labute approximate surface area is 95.7 Å². The lowest BCUT2D eigenvalue weighted by Crippen LogP contribution is -2.12. The molecule has 14 heavy (non-hydrogen) atoms. The fourth-order valence-electron chi connectivity index (χ4n) is 0.750. The van der Waals surface area contributed by atoms with Gasteiger partial charge >= 0.3 is 0 Å². The minimum absolute atomic E-state index is 0.507. The molecule has 0 aromatic carbocycles. The molecular weight excluding hydrogens is 216 g/mol. The van der Waals surface area contributed by atoms with E-state index in [1.807, 2.05) is 0 Å². The second kappa shape index (κ2) is 6.88. The maximum absolute atomic E-state index is 7.45. The highest BCUT2D eigenvalue weighted by molar-refractivity contribution is 8.22. The van der Waals surface area contributed by atoms with Crippen LogP contribution in [0.5, 0.6) is 0 Å². The highest BCUT2D eigenvalue weighted by atomic mass is 32.8. The first-order chi connectivity index (χ1) is 5.94. The first-order valence-electron chi connectivity index (χ1n) is 4.74. The molecular formula is C10H24O2S2. The maximum atomic E-state index is 7.45. The fraction of sp³-hybridized carbons (Fsp3) is 1.00. The predicted molar refractivity (Wildman–Crippen MR) is 68.1 cm³/mol. The quantitative estimate of drug-likeness (QED) is 0.731. The van der Waals surface area contributed by atoms with Crippen LogP contribution in [0.1, 0.15) is 54.4 Å². The molecule has 0 aliphatic carbocycles. The van der Waals surface area contributed by atoms with Crippen LogP contribution in [0, 0.1) is 10.8 Å². The Morgan fingerprint density at radius 2 is 1.00 bits per heavy atom. The minimum Gasteiger partial charge on any atom is -0.306 e. The molecule has 0 spiro atoms. The van der Waals surface area contributed by atoms with Crippen LogP contribution in [0.3, 0.4) is 0 Å². The summed E-state index contributed by atoms with van der Waals surface area (Å²) in [6, 6.07) is 0. The zero-order valence-corrected chi connectivity index (χ0v) is 11.8. The van der Waals surface area contributed by atoms with Gasteiger partial charge in [-0.05, 0) is 23.7 Å². The van der Waals surface area contributed by atoms with Crippen molar-refractivity contribution in [3.05, 3.63) is 0 Å². The van der Waals surface area contributed by atoms with Gasteiger partial charge in [-0.2, -0.15) is 0 Å². The van der Waals surface area contributed by atoms with Crippen LogP contribution in [0.25, 0.3) is 0 Å². The van der Waals surface area contributed by atoms with E-state index < -0.39 is 10.0 Å². The lowest BCUT2D eigenvalue weighted by molar-refractivity contribution is 0.275. The van der Waals surface area contributed by atoms with Crippen molar-refractivity contribution in [3.8, 4) is 0 Å². The highest BCUT2D eigenvalue weighted by Gasteiger charge is 2.16. The summed E-state index contributed by atoms with van der Waals surface area (Å²) in [6.07, 6.45) is 2.66. The second-order valence-electron chi connectivity index (χ2n) is 5.85. The molecule has 88 valence electrons. The molecule has 0 unspecified atom stereocenters. The van der Waals surface area contributed by atoms with E-state index in [0.717, 1.165) is 0 Å². The van der Waals surface area contributed by atoms with E-state index in [-0.39, 0.29) is 0 Å². The summed E-state index contributed by atoms with van der Waals surface area (Å²) in [6.45, 7) is 13.8. The Kier molecular flexibility index (Phi) is 8.31. The third-order valence-electron chi connectivity index (χ3n) is 1.62. The van der Waals surface area contributed by atoms with Gasteiger partial charge < -0.3 is 9.11 Å². The van der Waals surface area contributed by atoms with Gasteiger partial charge in [0.25, 0.3) is 0 Å². The molecule has 0 rings (SSSR count). The van der Waals surface area contributed by atoms with Crippen molar-refractivity contribution in [1.82, 2.24) is 0 Å². The molecule has 4 heteroatoms. The SMILES string of the molecule is CC(C)(C)CCC(C)(C)C.OS(O)=S. The normalized spacial score (nSPS) is 12.4. The largest absolute Gasteiger partial charge is 0.306 e. The Bertz CT molecular complexity index is 148. The molecule has 0 saturated heterocycles. The van der Waals surface area contributed by atoms with Gasteiger partial charge in [0, 0.05) is 11.2 Å². The topological polar surface area (TPSA) is 40.5 Å². The van der Waals surface area contributed by atoms with Crippen LogP contribution < -0.4 is 0 Å². The molecule has 0 aliphatic rings. The first kappa shape index (κ1) is 16.9. The van der Waals surface area contributed by atoms with Crippen molar-refractivity contribution < 1.29 is 9.11 Å². The molecule has 2 N–H and O–H groups in total. The molecule has 0 saturated carbocycles. The molecule has 0 atom stereocenters. The zero-order chi connectivity index (χ0) is 12.0. The molecule has 2 nitrogen and oxygen atoms in total. The molecule has 0 fully saturated rings. The summed E-state index contributed by atoms with van der Waals surface area (Å²) < 4.78 is 14.9.